The molecule has 94 valence electrons. The van der Waals surface area contributed by atoms with Crippen molar-refractivity contribution in [2.75, 3.05) is 13.1 Å². The lowest BCUT2D eigenvalue weighted by molar-refractivity contribution is -0.134. The zero-order valence-corrected chi connectivity index (χ0v) is 11.3. The van der Waals surface area contributed by atoms with Gasteiger partial charge in [-0.2, -0.15) is 5.26 Å². The lowest BCUT2D eigenvalue weighted by Crippen LogP contribution is -2.34. The van der Waals surface area contributed by atoms with E-state index >= 15 is 0 Å². The molecular weight excluding hydrogens is 212 g/mol. The Hall–Kier alpha value is -1.30. The van der Waals surface area contributed by atoms with Gasteiger partial charge in [-0.25, -0.2) is 0 Å². The molecule has 1 fully saturated rings. The van der Waals surface area contributed by atoms with E-state index in [-0.39, 0.29) is 23.2 Å². The number of nitrogens with zero attached hydrogens (tertiary/aromatic N) is 2. The van der Waals surface area contributed by atoms with Crippen LogP contribution in [0.15, 0.2) is 12.2 Å². The minimum atomic E-state index is -0.0457. The van der Waals surface area contributed by atoms with E-state index in [0.29, 0.717) is 12.1 Å². The summed E-state index contributed by atoms with van der Waals surface area (Å²) in [6.45, 7) is 13.4. The van der Waals surface area contributed by atoms with Crippen molar-refractivity contribution in [3.05, 3.63) is 12.2 Å². The predicted molar refractivity (Wildman–Crippen MR) is 68.1 cm³/mol. The molecule has 1 heterocycles. The Balaban J connectivity index is 2.82. The lowest BCUT2D eigenvalue weighted by atomic mass is 9.78. The van der Waals surface area contributed by atoms with Crippen LogP contribution < -0.4 is 0 Å². The molecule has 0 spiro atoms. The molecule has 2 unspecified atom stereocenters. The fourth-order valence-electron chi connectivity index (χ4n) is 2.45. The third-order valence-electron chi connectivity index (χ3n) is 3.85. The van der Waals surface area contributed by atoms with E-state index in [1.54, 1.807) is 0 Å². The number of carbonyl (C=O) groups excluding carboxylic acids is 1. The van der Waals surface area contributed by atoms with Gasteiger partial charge in [-0.05, 0) is 11.8 Å². The van der Waals surface area contributed by atoms with E-state index in [0.717, 1.165) is 13.0 Å². The minimum Gasteiger partial charge on any atom is -0.341 e. The molecule has 0 radical (unpaired) electrons. The molecule has 0 aromatic heterocycles. The average Bonchev–Trinajstić information content (AvgIpc) is 2.62. The van der Waals surface area contributed by atoms with Gasteiger partial charge >= 0.3 is 0 Å². The van der Waals surface area contributed by atoms with E-state index in [4.69, 9.17) is 5.26 Å². The summed E-state index contributed by atoms with van der Waals surface area (Å²) in [5.74, 6) is 0.370. The molecule has 3 nitrogen and oxygen atoms in total. The monoisotopic (exact) mass is 234 g/mol. The largest absolute Gasteiger partial charge is 0.341 e. The van der Waals surface area contributed by atoms with Gasteiger partial charge in [0.05, 0.1) is 6.07 Å². The van der Waals surface area contributed by atoms with E-state index < -0.39 is 0 Å². The summed E-state index contributed by atoms with van der Waals surface area (Å²) in [6, 6.07) is 2.13. The van der Waals surface area contributed by atoms with Gasteiger partial charge in [0.15, 0.2) is 0 Å². The zero-order valence-electron chi connectivity index (χ0n) is 11.3. The van der Waals surface area contributed by atoms with Gasteiger partial charge < -0.3 is 4.90 Å². The highest BCUT2D eigenvalue weighted by Crippen LogP contribution is 2.39. The first kappa shape index (κ1) is 13.8. The van der Waals surface area contributed by atoms with Crippen LogP contribution in [0, 0.1) is 28.6 Å². The van der Waals surface area contributed by atoms with Gasteiger partial charge in [-0.3, -0.25) is 4.79 Å². The minimum absolute atomic E-state index is 0.0457. The Morgan fingerprint density at radius 1 is 1.65 bits per heavy atom. The van der Waals surface area contributed by atoms with Gasteiger partial charge in [-0.1, -0.05) is 34.3 Å². The number of hydrogen-bond donors (Lipinski definition) is 0. The number of likely N-dealkylation sites (tertiary alicyclic amines) is 1. The Bertz CT molecular complexity index is 365. The molecule has 1 aliphatic rings. The Kier molecular flexibility index (Phi) is 3.98. The second-order valence-corrected chi connectivity index (χ2v) is 5.71. The average molecular weight is 234 g/mol. The number of hydrogen-bond acceptors (Lipinski definition) is 2. The van der Waals surface area contributed by atoms with Crippen LogP contribution in [0.5, 0.6) is 0 Å². The molecule has 0 bridgehead atoms. The molecule has 2 atom stereocenters. The molecule has 0 N–H and O–H groups in total. The first-order valence-electron chi connectivity index (χ1n) is 6.21. The molecule has 1 rings (SSSR count). The zero-order chi connectivity index (χ0) is 13.2. The quantitative estimate of drug-likeness (QED) is 0.704. The Morgan fingerprint density at radius 2 is 2.24 bits per heavy atom. The smallest absolute Gasteiger partial charge is 0.225 e. The van der Waals surface area contributed by atoms with Crippen molar-refractivity contribution in [1.29, 1.82) is 5.26 Å². The maximum absolute atomic E-state index is 12.1. The summed E-state index contributed by atoms with van der Waals surface area (Å²) in [5, 5.41) is 8.95. The highest BCUT2D eigenvalue weighted by Gasteiger charge is 2.43. The standard InChI is InChI=1S/C14H22N2O/c1-6-10(2)13(17)16-8-12(11(3)7-15)14(4,5)9-16/h10,12H,3,6,8-9H2,1-2,4-5H3. The van der Waals surface area contributed by atoms with E-state index in [1.807, 2.05) is 18.7 Å². The van der Waals surface area contributed by atoms with Gasteiger partial charge in [0.2, 0.25) is 5.91 Å². The molecule has 1 amide bonds. The first-order valence-corrected chi connectivity index (χ1v) is 6.21. The van der Waals surface area contributed by atoms with Crippen molar-refractivity contribution in [2.45, 2.75) is 34.1 Å². The normalized spacial score (nSPS) is 24.2. The van der Waals surface area contributed by atoms with Crippen molar-refractivity contribution in [1.82, 2.24) is 4.90 Å². The molecule has 0 aromatic rings. The van der Waals surface area contributed by atoms with Gasteiger partial charge in [-0.15, -0.1) is 0 Å². The molecule has 0 aliphatic carbocycles. The van der Waals surface area contributed by atoms with Crippen LogP contribution in [-0.2, 0) is 4.79 Å². The lowest BCUT2D eigenvalue weighted by Gasteiger charge is -2.24. The Morgan fingerprint density at radius 3 is 2.71 bits per heavy atom. The third-order valence-corrected chi connectivity index (χ3v) is 3.85. The Labute approximate surface area is 104 Å². The van der Waals surface area contributed by atoms with E-state index in [1.165, 1.54) is 0 Å². The second-order valence-electron chi connectivity index (χ2n) is 5.71. The van der Waals surface area contributed by atoms with Crippen LogP contribution in [-0.4, -0.2) is 23.9 Å². The van der Waals surface area contributed by atoms with Crippen molar-refractivity contribution in [3.8, 4) is 6.07 Å². The second kappa shape index (κ2) is 4.91. The maximum Gasteiger partial charge on any atom is 0.225 e. The van der Waals surface area contributed by atoms with Crippen LogP contribution in [0.2, 0.25) is 0 Å². The summed E-state index contributed by atoms with van der Waals surface area (Å²) in [4.78, 5) is 14.0. The molecule has 0 aromatic carbocycles. The highest BCUT2D eigenvalue weighted by atomic mass is 16.2. The molecule has 0 saturated carbocycles. The molecule has 3 heteroatoms. The summed E-state index contributed by atoms with van der Waals surface area (Å²) in [5.41, 5.74) is 0.546. The summed E-state index contributed by atoms with van der Waals surface area (Å²) < 4.78 is 0. The summed E-state index contributed by atoms with van der Waals surface area (Å²) in [6.07, 6.45) is 0.861. The van der Waals surface area contributed by atoms with Crippen molar-refractivity contribution in [2.24, 2.45) is 17.3 Å². The van der Waals surface area contributed by atoms with E-state index in [2.05, 4.69) is 26.5 Å². The van der Waals surface area contributed by atoms with Gasteiger partial charge in [0.25, 0.3) is 0 Å². The number of amides is 1. The highest BCUT2D eigenvalue weighted by molar-refractivity contribution is 5.79. The fraction of sp³-hybridized carbons (Fsp3) is 0.714. The molecular formula is C14H22N2O. The molecule has 1 saturated heterocycles. The van der Waals surface area contributed by atoms with Crippen LogP contribution in [0.3, 0.4) is 0 Å². The van der Waals surface area contributed by atoms with Gasteiger partial charge in [0, 0.05) is 30.5 Å². The van der Waals surface area contributed by atoms with Crippen LogP contribution in [0.4, 0.5) is 0 Å². The summed E-state index contributed by atoms with van der Waals surface area (Å²) >= 11 is 0. The third kappa shape index (κ3) is 2.69. The summed E-state index contributed by atoms with van der Waals surface area (Å²) in [7, 11) is 0. The topological polar surface area (TPSA) is 44.1 Å². The molecule has 17 heavy (non-hydrogen) atoms. The molecule has 1 aliphatic heterocycles. The van der Waals surface area contributed by atoms with Crippen LogP contribution in [0.25, 0.3) is 0 Å². The fourth-order valence-corrected chi connectivity index (χ4v) is 2.45. The van der Waals surface area contributed by atoms with Crippen molar-refractivity contribution < 1.29 is 4.79 Å². The van der Waals surface area contributed by atoms with Crippen LogP contribution in [0.1, 0.15) is 34.1 Å². The number of rotatable bonds is 3. The van der Waals surface area contributed by atoms with Crippen LogP contribution >= 0.6 is 0 Å². The maximum atomic E-state index is 12.1. The van der Waals surface area contributed by atoms with Crippen molar-refractivity contribution >= 4 is 5.91 Å². The first-order chi connectivity index (χ1) is 7.83. The van der Waals surface area contributed by atoms with Crippen molar-refractivity contribution in [3.63, 3.8) is 0 Å². The number of carbonyl (C=O) groups is 1. The van der Waals surface area contributed by atoms with E-state index in [9.17, 15) is 4.79 Å². The van der Waals surface area contributed by atoms with Gasteiger partial charge in [0.1, 0.15) is 0 Å². The predicted octanol–water partition coefficient (Wildman–Crippen LogP) is 2.60. The number of nitriles is 1. The SMILES string of the molecule is C=C(C#N)C1CN(C(=O)C(C)CC)CC1(C)C.